The van der Waals surface area contributed by atoms with E-state index < -0.39 is 0 Å². The Hall–Kier alpha value is -0.730. The number of rotatable bonds is 5. The normalized spacial score (nSPS) is 24.1. The van der Waals surface area contributed by atoms with E-state index in [0.717, 1.165) is 43.6 Å². The molecule has 2 fully saturated rings. The standard InChI is InChI=1S/C14H24N2O/c1-10(2)9-16(14-15-7-8-17-14)13(11-3-4-11)12-5-6-12/h10-13H,3-9H2,1-2H3. The van der Waals surface area contributed by atoms with Crippen molar-refractivity contribution in [1.82, 2.24) is 4.90 Å². The van der Waals surface area contributed by atoms with Crippen molar-refractivity contribution in [3.63, 3.8) is 0 Å². The van der Waals surface area contributed by atoms with Crippen molar-refractivity contribution in [2.24, 2.45) is 22.7 Å². The molecule has 1 heterocycles. The van der Waals surface area contributed by atoms with E-state index in [4.69, 9.17) is 4.74 Å². The first kappa shape index (κ1) is 11.4. The van der Waals surface area contributed by atoms with Crippen molar-refractivity contribution in [2.75, 3.05) is 19.7 Å². The van der Waals surface area contributed by atoms with E-state index >= 15 is 0 Å². The van der Waals surface area contributed by atoms with Crippen molar-refractivity contribution < 1.29 is 4.74 Å². The summed E-state index contributed by atoms with van der Waals surface area (Å²) >= 11 is 0. The van der Waals surface area contributed by atoms with Gasteiger partial charge in [-0.1, -0.05) is 13.8 Å². The second-order valence-corrected chi connectivity index (χ2v) is 6.22. The molecule has 3 nitrogen and oxygen atoms in total. The van der Waals surface area contributed by atoms with E-state index in [1.165, 1.54) is 25.7 Å². The molecule has 0 aromatic heterocycles. The molecular formula is C14H24N2O. The molecule has 0 N–H and O–H groups in total. The molecule has 2 saturated carbocycles. The first-order valence-electron chi connectivity index (χ1n) is 7.19. The second kappa shape index (κ2) is 4.51. The van der Waals surface area contributed by atoms with E-state index in [1.54, 1.807) is 0 Å². The predicted octanol–water partition coefficient (Wildman–Crippen LogP) is 2.52. The monoisotopic (exact) mass is 236 g/mol. The summed E-state index contributed by atoms with van der Waals surface area (Å²) in [5.74, 6) is 2.53. The molecule has 2 aliphatic carbocycles. The molecule has 3 rings (SSSR count). The van der Waals surface area contributed by atoms with Gasteiger partial charge in [0.15, 0.2) is 0 Å². The van der Waals surface area contributed by atoms with Gasteiger partial charge in [0.25, 0.3) is 6.02 Å². The zero-order valence-corrected chi connectivity index (χ0v) is 11.1. The highest BCUT2D eigenvalue weighted by atomic mass is 16.5. The molecule has 0 aromatic carbocycles. The van der Waals surface area contributed by atoms with Gasteiger partial charge in [0.05, 0.1) is 6.54 Å². The summed E-state index contributed by atoms with van der Waals surface area (Å²) in [6, 6.07) is 1.68. The molecule has 1 aliphatic heterocycles. The summed E-state index contributed by atoms with van der Waals surface area (Å²) in [6.45, 7) is 7.33. The number of nitrogens with zero attached hydrogens (tertiary/aromatic N) is 2. The van der Waals surface area contributed by atoms with Crippen LogP contribution in [0.4, 0.5) is 0 Å². The van der Waals surface area contributed by atoms with Gasteiger partial charge in [-0.25, -0.2) is 4.99 Å². The highest BCUT2D eigenvalue weighted by Gasteiger charge is 2.46. The van der Waals surface area contributed by atoms with Gasteiger partial charge >= 0.3 is 0 Å². The number of aliphatic imine (C=N–C) groups is 1. The average Bonchev–Trinajstić information content (AvgIpc) is 3.21. The summed E-state index contributed by atoms with van der Waals surface area (Å²) in [4.78, 5) is 7.06. The van der Waals surface area contributed by atoms with Crippen LogP contribution >= 0.6 is 0 Å². The molecule has 0 unspecified atom stereocenters. The minimum Gasteiger partial charge on any atom is -0.463 e. The first-order chi connectivity index (χ1) is 8.25. The van der Waals surface area contributed by atoms with E-state index in [1.807, 2.05) is 0 Å². The molecule has 0 atom stereocenters. The molecule has 0 amide bonds. The SMILES string of the molecule is CC(C)CN(C1=NCCO1)C(C1CC1)C1CC1. The number of hydrogen-bond acceptors (Lipinski definition) is 3. The van der Waals surface area contributed by atoms with E-state index in [2.05, 4.69) is 23.7 Å². The van der Waals surface area contributed by atoms with Crippen LogP contribution in [0.1, 0.15) is 39.5 Å². The van der Waals surface area contributed by atoms with Crippen molar-refractivity contribution in [3.05, 3.63) is 0 Å². The molecule has 3 aliphatic rings. The topological polar surface area (TPSA) is 24.8 Å². The lowest BCUT2D eigenvalue weighted by atomic mass is 10.0. The lowest BCUT2D eigenvalue weighted by molar-refractivity contribution is 0.175. The lowest BCUT2D eigenvalue weighted by Gasteiger charge is -2.34. The molecule has 0 radical (unpaired) electrons. The first-order valence-corrected chi connectivity index (χ1v) is 7.19. The Labute approximate surface area is 104 Å². The van der Waals surface area contributed by atoms with Crippen LogP contribution < -0.4 is 0 Å². The number of amidine groups is 1. The molecule has 17 heavy (non-hydrogen) atoms. The maximum Gasteiger partial charge on any atom is 0.287 e. The molecule has 0 bridgehead atoms. The molecule has 0 saturated heterocycles. The Balaban J connectivity index is 1.75. The highest BCUT2D eigenvalue weighted by Crippen LogP contribution is 2.47. The van der Waals surface area contributed by atoms with Crippen LogP contribution in [0.5, 0.6) is 0 Å². The third-order valence-electron chi connectivity index (χ3n) is 3.95. The van der Waals surface area contributed by atoms with Gasteiger partial charge in [-0.15, -0.1) is 0 Å². The summed E-state index contributed by atoms with van der Waals surface area (Å²) in [6.07, 6.45) is 5.68. The lowest BCUT2D eigenvalue weighted by Crippen LogP contribution is -2.45. The zero-order valence-electron chi connectivity index (χ0n) is 11.1. The second-order valence-electron chi connectivity index (χ2n) is 6.22. The van der Waals surface area contributed by atoms with Crippen LogP contribution in [0, 0.1) is 17.8 Å². The van der Waals surface area contributed by atoms with Crippen LogP contribution in [0.3, 0.4) is 0 Å². The minimum atomic E-state index is 0.682. The van der Waals surface area contributed by atoms with Crippen LogP contribution in [0.15, 0.2) is 4.99 Å². The van der Waals surface area contributed by atoms with Gasteiger partial charge in [0.1, 0.15) is 6.61 Å². The molecule has 96 valence electrons. The van der Waals surface area contributed by atoms with Gasteiger partial charge in [-0.05, 0) is 43.4 Å². The molecule has 0 spiro atoms. The maximum absolute atomic E-state index is 5.73. The fourth-order valence-electron chi connectivity index (χ4n) is 2.99. The van der Waals surface area contributed by atoms with Gasteiger partial charge in [0.2, 0.25) is 0 Å². The Morgan fingerprint density at radius 1 is 1.24 bits per heavy atom. The van der Waals surface area contributed by atoms with Gasteiger partial charge in [-0.2, -0.15) is 0 Å². The Bertz CT molecular complexity index is 293. The molecular weight excluding hydrogens is 212 g/mol. The van der Waals surface area contributed by atoms with Crippen molar-refractivity contribution in [1.29, 1.82) is 0 Å². The number of ether oxygens (including phenoxy) is 1. The summed E-state index contributed by atoms with van der Waals surface area (Å²) in [5, 5.41) is 0. The highest BCUT2D eigenvalue weighted by molar-refractivity contribution is 5.75. The zero-order chi connectivity index (χ0) is 11.8. The van der Waals surface area contributed by atoms with Gasteiger partial charge in [-0.3, -0.25) is 0 Å². The van der Waals surface area contributed by atoms with Gasteiger partial charge in [0, 0.05) is 12.6 Å². The van der Waals surface area contributed by atoms with E-state index in [0.29, 0.717) is 5.92 Å². The third-order valence-corrected chi connectivity index (χ3v) is 3.95. The smallest absolute Gasteiger partial charge is 0.287 e. The van der Waals surface area contributed by atoms with Gasteiger partial charge < -0.3 is 9.64 Å². The van der Waals surface area contributed by atoms with Crippen molar-refractivity contribution in [3.8, 4) is 0 Å². The summed E-state index contributed by atoms with van der Waals surface area (Å²) < 4.78 is 5.73. The Morgan fingerprint density at radius 3 is 2.29 bits per heavy atom. The predicted molar refractivity (Wildman–Crippen MR) is 69.0 cm³/mol. The van der Waals surface area contributed by atoms with Crippen molar-refractivity contribution in [2.45, 2.75) is 45.6 Å². The minimum absolute atomic E-state index is 0.682. The van der Waals surface area contributed by atoms with Crippen LogP contribution in [-0.2, 0) is 4.74 Å². The summed E-state index contributed by atoms with van der Waals surface area (Å²) in [5.41, 5.74) is 0. The Kier molecular flexibility index (Phi) is 3.01. The van der Waals surface area contributed by atoms with Crippen LogP contribution in [-0.4, -0.2) is 36.7 Å². The third kappa shape index (κ3) is 2.58. The van der Waals surface area contributed by atoms with Crippen molar-refractivity contribution >= 4 is 6.02 Å². The number of hydrogen-bond donors (Lipinski definition) is 0. The van der Waals surface area contributed by atoms with Crippen LogP contribution in [0.2, 0.25) is 0 Å². The van der Waals surface area contributed by atoms with E-state index in [9.17, 15) is 0 Å². The fraction of sp³-hybridized carbons (Fsp3) is 0.929. The molecule has 0 aromatic rings. The quantitative estimate of drug-likeness (QED) is 0.732. The van der Waals surface area contributed by atoms with Crippen LogP contribution in [0.25, 0.3) is 0 Å². The largest absolute Gasteiger partial charge is 0.463 e. The Morgan fingerprint density at radius 2 is 1.88 bits per heavy atom. The van der Waals surface area contributed by atoms with E-state index in [-0.39, 0.29) is 0 Å². The maximum atomic E-state index is 5.73. The molecule has 3 heteroatoms. The summed E-state index contributed by atoms with van der Waals surface area (Å²) in [7, 11) is 0. The average molecular weight is 236 g/mol. The fourth-order valence-corrected chi connectivity index (χ4v) is 2.99.